The summed E-state index contributed by atoms with van der Waals surface area (Å²) in [5.74, 6) is 1.85. The Morgan fingerprint density at radius 2 is 1.70 bits per heavy atom. The molecule has 2 heterocycles. The van der Waals surface area contributed by atoms with Gasteiger partial charge < -0.3 is 10.5 Å². The van der Waals surface area contributed by atoms with Gasteiger partial charge in [0.2, 0.25) is 11.8 Å². The van der Waals surface area contributed by atoms with E-state index < -0.39 is 0 Å². The third kappa shape index (κ3) is 3.36. The molecule has 0 unspecified atom stereocenters. The lowest BCUT2D eigenvalue weighted by atomic mass is 10.1. The van der Waals surface area contributed by atoms with Crippen molar-refractivity contribution >= 4 is 17.0 Å². The number of fused-ring (bicyclic) bond motifs is 1. The van der Waals surface area contributed by atoms with E-state index in [0.717, 1.165) is 39.4 Å². The van der Waals surface area contributed by atoms with Crippen LogP contribution in [0.5, 0.6) is 11.6 Å². The van der Waals surface area contributed by atoms with Crippen LogP contribution in [0.4, 0.5) is 5.95 Å². The zero-order chi connectivity index (χ0) is 19.0. The van der Waals surface area contributed by atoms with Gasteiger partial charge in [0, 0.05) is 17.6 Å². The van der Waals surface area contributed by atoms with Gasteiger partial charge in [-0.05, 0) is 37.5 Å². The molecule has 0 aliphatic carbocycles. The summed E-state index contributed by atoms with van der Waals surface area (Å²) in [5, 5.41) is 0.901. The van der Waals surface area contributed by atoms with Crippen LogP contribution in [0.1, 0.15) is 22.3 Å². The maximum atomic E-state index is 6.38. The van der Waals surface area contributed by atoms with E-state index in [1.54, 1.807) is 6.20 Å². The molecule has 0 spiro atoms. The van der Waals surface area contributed by atoms with Crippen LogP contribution in [-0.4, -0.2) is 14.5 Å². The predicted octanol–water partition coefficient (Wildman–Crippen LogP) is 4.78. The number of aromatic nitrogens is 3. The number of benzene rings is 2. The monoisotopic (exact) mass is 358 g/mol. The molecule has 4 rings (SSSR count). The third-order valence-corrected chi connectivity index (χ3v) is 4.61. The van der Waals surface area contributed by atoms with Gasteiger partial charge in [-0.15, -0.1) is 0 Å². The van der Waals surface area contributed by atoms with Gasteiger partial charge in [0.15, 0.2) is 0 Å². The number of nitrogens with two attached hydrogens (primary N) is 1. The number of nitrogen functional groups attached to an aromatic ring is 1. The molecule has 0 atom stereocenters. The summed E-state index contributed by atoms with van der Waals surface area (Å²) in [6.45, 7) is 6.86. The fourth-order valence-electron chi connectivity index (χ4n) is 3.46. The van der Waals surface area contributed by atoms with E-state index in [1.165, 1.54) is 5.56 Å². The zero-order valence-corrected chi connectivity index (χ0v) is 15.7. The van der Waals surface area contributed by atoms with Gasteiger partial charge >= 0.3 is 0 Å². The maximum Gasteiger partial charge on any atom is 0.221 e. The summed E-state index contributed by atoms with van der Waals surface area (Å²) in [6, 6.07) is 16.5. The van der Waals surface area contributed by atoms with E-state index in [2.05, 4.69) is 55.0 Å². The Hall–Kier alpha value is -3.34. The highest BCUT2D eigenvalue weighted by atomic mass is 16.5. The topological polar surface area (TPSA) is 66.0 Å². The van der Waals surface area contributed by atoms with Gasteiger partial charge in [-0.25, -0.2) is 4.98 Å². The standard InChI is InChI=1S/C22H22N4O/c1-14-9-15(2)20(16(3)10-14)27-19-11-18-12-24-22(23)25-21(18)26(19)13-17-7-5-4-6-8-17/h4-12H,13H2,1-3H3,(H2,23,24,25). The second-order valence-corrected chi connectivity index (χ2v) is 6.89. The number of nitrogens with zero attached hydrogens (tertiary/aromatic N) is 3. The third-order valence-electron chi connectivity index (χ3n) is 4.61. The first-order valence-electron chi connectivity index (χ1n) is 8.92. The number of hydrogen-bond acceptors (Lipinski definition) is 4. The molecular weight excluding hydrogens is 336 g/mol. The van der Waals surface area contributed by atoms with E-state index in [0.29, 0.717) is 6.54 Å². The van der Waals surface area contributed by atoms with E-state index in [9.17, 15) is 0 Å². The minimum Gasteiger partial charge on any atom is -0.440 e. The molecule has 0 saturated carbocycles. The summed E-state index contributed by atoms with van der Waals surface area (Å²) in [4.78, 5) is 8.56. The molecule has 2 aromatic carbocycles. The van der Waals surface area contributed by atoms with Gasteiger partial charge in [0.25, 0.3) is 0 Å². The minimum atomic E-state index is 0.254. The smallest absolute Gasteiger partial charge is 0.221 e. The quantitative estimate of drug-likeness (QED) is 0.570. The molecule has 5 heteroatoms. The molecule has 0 aliphatic heterocycles. The van der Waals surface area contributed by atoms with Crippen LogP contribution >= 0.6 is 0 Å². The number of ether oxygens (including phenoxy) is 1. The van der Waals surface area contributed by atoms with Gasteiger partial charge in [0.1, 0.15) is 11.4 Å². The number of hydrogen-bond donors (Lipinski definition) is 1. The summed E-state index contributed by atoms with van der Waals surface area (Å²) < 4.78 is 8.42. The van der Waals surface area contributed by atoms with Crippen LogP contribution in [0.15, 0.2) is 54.7 Å². The largest absolute Gasteiger partial charge is 0.440 e. The molecule has 136 valence electrons. The molecule has 4 aromatic rings. The molecule has 0 radical (unpaired) electrons. The van der Waals surface area contributed by atoms with Gasteiger partial charge in [-0.2, -0.15) is 4.98 Å². The highest BCUT2D eigenvalue weighted by Gasteiger charge is 2.15. The van der Waals surface area contributed by atoms with Crippen LogP contribution in [-0.2, 0) is 6.54 Å². The molecule has 0 amide bonds. The lowest BCUT2D eigenvalue weighted by Crippen LogP contribution is -2.05. The molecule has 2 N–H and O–H groups in total. The van der Waals surface area contributed by atoms with E-state index >= 15 is 0 Å². The van der Waals surface area contributed by atoms with Crippen molar-refractivity contribution in [2.75, 3.05) is 5.73 Å². The highest BCUT2D eigenvalue weighted by molar-refractivity contribution is 5.79. The number of aryl methyl sites for hydroxylation is 3. The van der Waals surface area contributed by atoms with Crippen LogP contribution in [0, 0.1) is 20.8 Å². The fraction of sp³-hybridized carbons (Fsp3) is 0.182. The molecule has 2 aromatic heterocycles. The molecule has 0 bridgehead atoms. The summed E-state index contributed by atoms with van der Waals surface area (Å²) in [6.07, 6.45) is 1.74. The molecule has 0 aliphatic rings. The lowest BCUT2D eigenvalue weighted by molar-refractivity contribution is 0.433. The zero-order valence-electron chi connectivity index (χ0n) is 15.7. The Bertz CT molecular complexity index is 1090. The summed E-state index contributed by atoms with van der Waals surface area (Å²) in [7, 11) is 0. The highest BCUT2D eigenvalue weighted by Crippen LogP contribution is 2.33. The Morgan fingerprint density at radius 1 is 1.00 bits per heavy atom. The fourth-order valence-corrected chi connectivity index (χ4v) is 3.46. The summed E-state index contributed by atoms with van der Waals surface area (Å²) in [5.41, 5.74) is 11.2. The lowest BCUT2D eigenvalue weighted by Gasteiger charge is -2.15. The van der Waals surface area contributed by atoms with Crippen molar-refractivity contribution < 1.29 is 4.74 Å². The van der Waals surface area contributed by atoms with Crippen molar-refractivity contribution in [1.29, 1.82) is 0 Å². The average Bonchev–Trinajstić information content (AvgIpc) is 2.96. The maximum absolute atomic E-state index is 6.38. The SMILES string of the molecule is Cc1cc(C)c(Oc2cc3cnc(N)nc3n2Cc2ccccc2)c(C)c1. The second kappa shape index (κ2) is 6.76. The second-order valence-electron chi connectivity index (χ2n) is 6.89. The normalized spacial score (nSPS) is 11.1. The Kier molecular flexibility index (Phi) is 4.28. The van der Waals surface area contributed by atoms with Crippen LogP contribution in [0.25, 0.3) is 11.0 Å². The van der Waals surface area contributed by atoms with E-state index in [1.807, 2.05) is 28.8 Å². The Labute approximate surface area is 158 Å². The predicted molar refractivity (Wildman–Crippen MR) is 108 cm³/mol. The van der Waals surface area contributed by atoms with Crippen LogP contribution in [0.2, 0.25) is 0 Å². The van der Waals surface area contributed by atoms with Crippen LogP contribution in [0.3, 0.4) is 0 Å². The first kappa shape index (κ1) is 17.1. The Morgan fingerprint density at radius 3 is 2.41 bits per heavy atom. The van der Waals surface area contributed by atoms with Gasteiger partial charge in [-0.1, -0.05) is 48.0 Å². The van der Waals surface area contributed by atoms with Gasteiger partial charge in [0.05, 0.1) is 6.54 Å². The average molecular weight is 358 g/mol. The van der Waals surface area contributed by atoms with Crippen molar-refractivity contribution in [2.24, 2.45) is 0 Å². The first-order valence-corrected chi connectivity index (χ1v) is 8.92. The Balaban J connectivity index is 1.84. The first-order chi connectivity index (χ1) is 13.0. The number of rotatable bonds is 4. The molecule has 27 heavy (non-hydrogen) atoms. The minimum absolute atomic E-state index is 0.254. The van der Waals surface area contributed by atoms with Crippen LogP contribution < -0.4 is 10.5 Å². The molecule has 0 saturated heterocycles. The molecular formula is C22H22N4O. The number of anilines is 1. The van der Waals surface area contributed by atoms with Gasteiger partial charge in [-0.3, -0.25) is 4.57 Å². The molecule has 0 fully saturated rings. The van der Waals surface area contributed by atoms with Crippen molar-refractivity contribution in [2.45, 2.75) is 27.3 Å². The van der Waals surface area contributed by atoms with Crippen molar-refractivity contribution in [3.8, 4) is 11.6 Å². The summed E-state index contributed by atoms with van der Waals surface area (Å²) >= 11 is 0. The van der Waals surface area contributed by atoms with E-state index in [4.69, 9.17) is 10.5 Å². The van der Waals surface area contributed by atoms with Crippen molar-refractivity contribution in [3.63, 3.8) is 0 Å². The van der Waals surface area contributed by atoms with E-state index in [-0.39, 0.29) is 5.95 Å². The molecule has 5 nitrogen and oxygen atoms in total. The van der Waals surface area contributed by atoms with Crippen molar-refractivity contribution in [1.82, 2.24) is 14.5 Å². The van der Waals surface area contributed by atoms with Crippen molar-refractivity contribution in [3.05, 3.63) is 77.0 Å².